The van der Waals surface area contributed by atoms with Gasteiger partial charge in [-0.3, -0.25) is 4.90 Å². The van der Waals surface area contributed by atoms with E-state index in [9.17, 15) is 0 Å². The van der Waals surface area contributed by atoms with E-state index in [4.69, 9.17) is 21.4 Å². The molecular weight excluding hydrogens is 470 g/mol. The van der Waals surface area contributed by atoms with E-state index in [2.05, 4.69) is 64.2 Å². The van der Waals surface area contributed by atoms with Crippen LogP contribution in [0.25, 0.3) is 21.9 Å². The molecule has 0 saturated heterocycles. The summed E-state index contributed by atoms with van der Waals surface area (Å²) < 4.78 is 2.41. The topological polar surface area (TPSA) is 98.0 Å². The van der Waals surface area contributed by atoms with E-state index in [0.717, 1.165) is 112 Å². The van der Waals surface area contributed by atoms with Crippen LogP contribution in [0.3, 0.4) is 0 Å². The van der Waals surface area contributed by atoms with Crippen molar-refractivity contribution in [3.8, 4) is 0 Å². The quantitative estimate of drug-likeness (QED) is 0.175. The van der Waals surface area contributed by atoms with Gasteiger partial charge in [0.2, 0.25) is 0 Å². The Balaban J connectivity index is 1.60. The van der Waals surface area contributed by atoms with E-state index in [-0.39, 0.29) is 0 Å². The molecule has 0 saturated carbocycles. The van der Waals surface area contributed by atoms with Crippen molar-refractivity contribution in [3.05, 3.63) is 65.5 Å². The predicted octanol–water partition coefficient (Wildman–Crippen LogP) is 5.30. The number of aryl methyl sites for hydroxylation is 1. The highest BCUT2D eigenvalue weighted by Gasteiger charge is 2.18. The third kappa shape index (κ3) is 6.90. The third-order valence-corrected chi connectivity index (χ3v) is 7.28. The normalized spacial score (nSPS) is 11.7. The van der Waals surface area contributed by atoms with Crippen LogP contribution in [0, 0.1) is 0 Å². The first-order valence-electron chi connectivity index (χ1n) is 14.3. The van der Waals surface area contributed by atoms with Crippen molar-refractivity contribution in [2.24, 2.45) is 11.5 Å². The summed E-state index contributed by atoms with van der Waals surface area (Å²) >= 11 is 0. The fourth-order valence-corrected chi connectivity index (χ4v) is 5.17. The van der Waals surface area contributed by atoms with Crippen molar-refractivity contribution in [2.45, 2.75) is 65.0 Å². The molecule has 5 N–H and O–H groups in total. The van der Waals surface area contributed by atoms with Gasteiger partial charge in [-0.15, -0.1) is 0 Å². The summed E-state index contributed by atoms with van der Waals surface area (Å²) in [4.78, 5) is 12.5. The van der Waals surface area contributed by atoms with Gasteiger partial charge in [0.15, 0.2) is 5.82 Å². The minimum absolute atomic E-state index is 0.760. The first-order chi connectivity index (χ1) is 18.7. The number of nitrogens with zero attached hydrogens (tertiary/aromatic N) is 4. The molecule has 2 heterocycles. The maximum atomic E-state index is 5.73. The number of benzene rings is 2. The number of para-hydroxylation sites is 1. The second-order valence-corrected chi connectivity index (χ2v) is 10.2. The summed E-state index contributed by atoms with van der Waals surface area (Å²) in [5.74, 6) is 1.97. The number of nitrogens with one attached hydrogen (secondary N) is 1. The molecule has 0 unspecified atom stereocenters. The van der Waals surface area contributed by atoms with Crippen molar-refractivity contribution in [1.82, 2.24) is 19.4 Å². The van der Waals surface area contributed by atoms with Crippen LogP contribution >= 0.6 is 0 Å². The molecule has 4 aromatic rings. The molecule has 7 heteroatoms. The van der Waals surface area contributed by atoms with Crippen LogP contribution in [0.1, 0.15) is 62.4 Å². The van der Waals surface area contributed by atoms with E-state index in [1.54, 1.807) is 0 Å². The van der Waals surface area contributed by atoms with Crippen molar-refractivity contribution in [3.63, 3.8) is 0 Å². The lowest BCUT2D eigenvalue weighted by Crippen LogP contribution is -2.26. The Morgan fingerprint density at radius 1 is 0.842 bits per heavy atom. The maximum absolute atomic E-state index is 5.73. The molecule has 4 rings (SSSR count). The number of pyridine rings is 1. The Hall–Kier alpha value is -3.00. The van der Waals surface area contributed by atoms with Gasteiger partial charge in [-0.1, -0.05) is 55.8 Å². The Bertz CT molecular complexity index is 1270. The number of hydrogen-bond donors (Lipinski definition) is 3. The van der Waals surface area contributed by atoms with Crippen LogP contribution in [-0.2, 0) is 19.5 Å². The zero-order valence-electron chi connectivity index (χ0n) is 23.3. The van der Waals surface area contributed by atoms with Gasteiger partial charge in [-0.25, -0.2) is 9.97 Å². The van der Waals surface area contributed by atoms with E-state index in [0.29, 0.717) is 0 Å². The molecule has 0 fully saturated rings. The molecular formula is C31H45N7. The highest BCUT2D eigenvalue weighted by atomic mass is 15.1. The van der Waals surface area contributed by atoms with E-state index < -0.39 is 0 Å². The first-order valence-corrected chi connectivity index (χ1v) is 14.3. The molecule has 204 valence electrons. The highest BCUT2D eigenvalue weighted by molar-refractivity contribution is 6.07. The second kappa shape index (κ2) is 14.2. The number of nitrogens with two attached hydrogens (primary N) is 2. The number of unbranched alkanes of at least 4 members (excludes halogenated alkanes) is 3. The fourth-order valence-electron chi connectivity index (χ4n) is 5.17. The van der Waals surface area contributed by atoms with E-state index in [1.165, 1.54) is 16.6 Å². The molecule has 0 bridgehead atoms. The predicted molar refractivity (Wildman–Crippen MR) is 161 cm³/mol. The van der Waals surface area contributed by atoms with Gasteiger partial charge < -0.3 is 21.4 Å². The summed E-state index contributed by atoms with van der Waals surface area (Å²) in [6.07, 6.45) is 7.65. The van der Waals surface area contributed by atoms with Gasteiger partial charge in [0, 0.05) is 31.9 Å². The molecule has 0 atom stereocenters. The van der Waals surface area contributed by atoms with Gasteiger partial charge in [0.1, 0.15) is 11.3 Å². The minimum atomic E-state index is 0.760. The number of anilines is 1. The lowest BCUT2D eigenvalue weighted by Gasteiger charge is -2.22. The summed E-state index contributed by atoms with van der Waals surface area (Å²) in [6.45, 7) is 7.68. The molecule has 7 nitrogen and oxygen atoms in total. The van der Waals surface area contributed by atoms with E-state index in [1.807, 2.05) is 13.1 Å². The van der Waals surface area contributed by atoms with Crippen molar-refractivity contribution in [1.29, 1.82) is 0 Å². The van der Waals surface area contributed by atoms with Crippen molar-refractivity contribution in [2.75, 3.05) is 38.5 Å². The SMILES string of the molecule is CCCCc1nc2c(NC)nc3ccccc3c2n1Cc1ccc(CN(CCCCN)CCCCN)cc1. The summed E-state index contributed by atoms with van der Waals surface area (Å²) in [7, 11) is 1.93. The Labute approximate surface area is 227 Å². The summed E-state index contributed by atoms with van der Waals surface area (Å²) in [6, 6.07) is 17.5. The van der Waals surface area contributed by atoms with Crippen LogP contribution in [0.15, 0.2) is 48.5 Å². The zero-order chi connectivity index (χ0) is 26.7. The van der Waals surface area contributed by atoms with Gasteiger partial charge in [0.25, 0.3) is 0 Å². The van der Waals surface area contributed by atoms with E-state index >= 15 is 0 Å². The number of aromatic nitrogens is 3. The molecule has 0 amide bonds. The van der Waals surface area contributed by atoms with Crippen molar-refractivity contribution >= 4 is 27.8 Å². The maximum Gasteiger partial charge on any atom is 0.154 e. The van der Waals surface area contributed by atoms with Crippen LogP contribution in [0.5, 0.6) is 0 Å². The molecule has 2 aromatic carbocycles. The van der Waals surface area contributed by atoms with Crippen molar-refractivity contribution < 1.29 is 0 Å². The van der Waals surface area contributed by atoms with Gasteiger partial charge in [0.05, 0.1) is 11.0 Å². The third-order valence-electron chi connectivity index (χ3n) is 7.28. The second-order valence-electron chi connectivity index (χ2n) is 10.2. The molecule has 0 spiro atoms. The molecule has 38 heavy (non-hydrogen) atoms. The van der Waals surface area contributed by atoms with Gasteiger partial charge in [-0.2, -0.15) is 0 Å². The molecule has 0 aliphatic carbocycles. The number of hydrogen-bond acceptors (Lipinski definition) is 6. The first kappa shape index (κ1) is 28.0. The monoisotopic (exact) mass is 515 g/mol. The molecule has 0 aliphatic heterocycles. The number of imidazole rings is 1. The summed E-state index contributed by atoms with van der Waals surface area (Å²) in [5, 5.41) is 4.43. The average molecular weight is 516 g/mol. The summed E-state index contributed by atoms with van der Waals surface area (Å²) in [5.41, 5.74) is 17.2. The molecule has 0 radical (unpaired) electrons. The number of rotatable bonds is 16. The van der Waals surface area contributed by atoms with Crippen LogP contribution in [0.4, 0.5) is 5.82 Å². The van der Waals surface area contributed by atoms with Crippen LogP contribution < -0.4 is 16.8 Å². The smallest absolute Gasteiger partial charge is 0.154 e. The minimum Gasteiger partial charge on any atom is -0.371 e. The van der Waals surface area contributed by atoms with Crippen LogP contribution in [-0.4, -0.2) is 52.7 Å². The molecule has 2 aromatic heterocycles. The Kier molecular flexibility index (Phi) is 10.5. The lowest BCUT2D eigenvalue weighted by molar-refractivity contribution is 0.255. The zero-order valence-corrected chi connectivity index (χ0v) is 23.3. The molecule has 0 aliphatic rings. The largest absolute Gasteiger partial charge is 0.371 e. The van der Waals surface area contributed by atoms with Crippen LogP contribution in [0.2, 0.25) is 0 Å². The standard InChI is InChI=1S/C31H45N7/c1-3-4-13-28-36-29-30(26-11-5-6-12-27(26)35-31(29)34-2)38(28)23-25-16-14-24(15-17-25)22-37(20-9-7-18-32)21-10-8-19-33/h5-6,11-12,14-17H,3-4,7-10,13,18-23,32-33H2,1-2H3,(H,34,35). The fraction of sp³-hybridized carbons (Fsp3) is 0.484. The van der Waals surface area contributed by atoms with Gasteiger partial charge >= 0.3 is 0 Å². The Morgan fingerprint density at radius 3 is 2.18 bits per heavy atom. The highest BCUT2D eigenvalue weighted by Crippen LogP contribution is 2.31. The lowest BCUT2D eigenvalue weighted by atomic mass is 10.1. The Morgan fingerprint density at radius 2 is 1.53 bits per heavy atom. The number of fused-ring (bicyclic) bond motifs is 3. The average Bonchev–Trinajstić information content (AvgIpc) is 3.30. The van der Waals surface area contributed by atoms with Gasteiger partial charge in [-0.05, 0) is 75.5 Å².